The van der Waals surface area contributed by atoms with Crippen molar-refractivity contribution < 1.29 is 9.21 Å². The van der Waals surface area contributed by atoms with E-state index < -0.39 is 0 Å². The van der Waals surface area contributed by atoms with Crippen LogP contribution in [-0.4, -0.2) is 49.4 Å². The van der Waals surface area contributed by atoms with Crippen LogP contribution < -0.4 is 5.73 Å². The van der Waals surface area contributed by atoms with Crippen LogP contribution in [0.4, 0.5) is 0 Å². The van der Waals surface area contributed by atoms with Crippen LogP contribution in [0, 0.1) is 12.8 Å². The fourth-order valence-corrected chi connectivity index (χ4v) is 1.88. The van der Waals surface area contributed by atoms with Crippen LogP contribution in [0.5, 0.6) is 0 Å². The summed E-state index contributed by atoms with van der Waals surface area (Å²) >= 11 is 0. The molecule has 0 spiro atoms. The van der Waals surface area contributed by atoms with Crippen molar-refractivity contribution in [3.05, 3.63) is 23.7 Å². The molecule has 5 heteroatoms. The molecule has 20 heavy (non-hydrogen) atoms. The van der Waals surface area contributed by atoms with Gasteiger partial charge in [-0.3, -0.25) is 4.79 Å². The van der Waals surface area contributed by atoms with Crippen molar-refractivity contribution in [1.29, 1.82) is 0 Å². The molecular formula is C15H27N3O2. The number of nitrogens with zero attached hydrogens (tertiary/aromatic N) is 2. The van der Waals surface area contributed by atoms with Crippen molar-refractivity contribution in [3.8, 4) is 0 Å². The number of hydrogen-bond donors (Lipinski definition) is 1. The fraction of sp³-hybridized carbons (Fsp3) is 0.667. The van der Waals surface area contributed by atoms with E-state index in [0.29, 0.717) is 26.1 Å². The number of carbonyl (C=O) groups excluding carboxylic acids is 1. The first-order valence-corrected chi connectivity index (χ1v) is 7.10. The Morgan fingerprint density at radius 3 is 2.55 bits per heavy atom. The molecule has 1 amide bonds. The Hall–Kier alpha value is -1.33. The van der Waals surface area contributed by atoms with Crippen molar-refractivity contribution in [2.45, 2.75) is 26.8 Å². The van der Waals surface area contributed by atoms with Gasteiger partial charge in [-0.05, 0) is 45.6 Å². The highest BCUT2D eigenvalue weighted by Crippen LogP contribution is 2.12. The minimum absolute atomic E-state index is 0.138. The smallest absolute Gasteiger partial charge is 0.223 e. The maximum Gasteiger partial charge on any atom is 0.223 e. The molecule has 0 saturated carbocycles. The van der Waals surface area contributed by atoms with Crippen LogP contribution in [0.3, 0.4) is 0 Å². The summed E-state index contributed by atoms with van der Waals surface area (Å²) in [4.78, 5) is 16.3. The second-order valence-electron chi connectivity index (χ2n) is 5.68. The van der Waals surface area contributed by atoms with Crippen LogP contribution in [0.15, 0.2) is 16.5 Å². The third-order valence-electron chi connectivity index (χ3n) is 3.24. The SMILES string of the molecule is Cc1ccc(CN(CCN(C)C)C(=O)CC(C)CN)o1. The lowest BCUT2D eigenvalue weighted by molar-refractivity contribution is -0.133. The van der Waals surface area contributed by atoms with Crippen molar-refractivity contribution in [3.63, 3.8) is 0 Å². The number of rotatable bonds is 8. The average Bonchev–Trinajstić information content (AvgIpc) is 2.79. The van der Waals surface area contributed by atoms with Crippen molar-refractivity contribution in [2.24, 2.45) is 11.7 Å². The summed E-state index contributed by atoms with van der Waals surface area (Å²) in [6, 6.07) is 3.85. The highest BCUT2D eigenvalue weighted by molar-refractivity contribution is 5.76. The summed E-state index contributed by atoms with van der Waals surface area (Å²) in [5.41, 5.74) is 5.60. The van der Waals surface area contributed by atoms with Crippen molar-refractivity contribution >= 4 is 5.91 Å². The number of amides is 1. The van der Waals surface area contributed by atoms with Gasteiger partial charge in [-0.15, -0.1) is 0 Å². The van der Waals surface area contributed by atoms with Gasteiger partial charge in [-0.1, -0.05) is 6.92 Å². The number of aryl methyl sites for hydroxylation is 1. The molecular weight excluding hydrogens is 254 g/mol. The molecule has 1 aromatic heterocycles. The van der Waals surface area contributed by atoms with Gasteiger partial charge in [-0.2, -0.15) is 0 Å². The van der Waals surface area contributed by atoms with E-state index >= 15 is 0 Å². The minimum Gasteiger partial charge on any atom is -0.464 e. The molecule has 1 rings (SSSR count). The highest BCUT2D eigenvalue weighted by Gasteiger charge is 2.17. The Bertz CT molecular complexity index is 415. The number of hydrogen-bond acceptors (Lipinski definition) is 4. The van der Waals surface area contributed by atoms with Gasteiger partial charge in [0, 0.05) is 19.5 Å². The van der Waals surface area contributed by atoms with Gasteiger partial charge in [0.2, 0.25) is 5.91 Å². The Labute approximate surface area is 121 Å². The maximum atomic E-state index is 12.3. The van der Waals surface area contributed by atoms with E-state index in [-0.39, 0.29) is 11.8 Å². The second kappa shape index (κ2) is 8.07. The van der Waals surface area contributed by atoms with E-state index in [2.05, 4.69) is 4.90 Å². The fourth-order valence-electron chi connectivity index (χ4n) is 1.88. The predicted molar refractivity (Wildman–Crippen MR) is 80.3 cm³/mol. The molecule has 0 aliphatic carbocycles. The van der Waals surface area contributed by atoms with Gasteiger partial charge in [-0.25, -0.2) is 0 Å². The molecule has 0 radical (unpaired) electrons. The Kier molecular flexibility index (Phi) is 6.75. The summed E-state index contributed by atoms with van der Waals surface area (Å²) in [5, 5.41) is 0. The Balaban J connectivity index is 2.65. The largest absolute Gasteiger partial charge is 0.464 e. The molecule has 114 valence electrons. The van der Waals surface area contributed by atoms with Crippen LogP contribution >= 0.6 is 0 Å². The number of nitrogens with two attached hydrogens (primary N) is 1. The third-order valence-corrected chi connectivity index (χ3v) is 3.24. The highest BCUT2D eigenvalue weighted by atomic mass is 16.3. The molecule has 5 nitrogen and oxygen atoms in total. The monoisotopic (exact) mass is 281 g/mol. The molecule has 1 atom stereocenters. The first kappa shape index (κ1) is 16.7. The van der Waals surface area contributed by atoms with E-state index in [9.17, 15) is 4.79 Å². The predicted octanol–water partition coefficient (Wildman–Crippen LogP) is 1.46. The summed E-state index contributed by atoms with van der Waals surface area (Å²) in [5.74, 6) is 2.05. The van der Waals surface area contributed by atoms with E-state index in [4.69, 9.17) is 10.2 Å². The first-order valence-electron chi connectivity index (χ1n) is 7.10. The first-order chi connectivity index (χ1) is 9.42. The number of carbonyl (C=O) groups is 1. The lowest BCUT2D eigenvalue weighted by Crippen LogP contribution is -2.37. The zero-order valence-corrected chi connectivity index (χ0v) is 13.1. The molecule has 2 N–H and O–H groups in total. The van der Waals surface area contributed by atoms with Crippen molar-refractivity contribution in [2.75, 3.05) is 33.7 Å². The topological polar surface area (TPSA) is 62.7 Å². The van der Waals surface area contributed by atoms with Gasteiger partial charge >= 0.3 is 0 Å². The van der Waals surface area contributed by atoms with E-state index in [1.807, 2.05) is 45.0 Å². The zero-order valence-electron chi connectivity index (χ0n) is 13.1. The number of likely N-dealkylation sites (N-methyl/N-ethyl adjacent to an activating group) is 1. The van der Waals surface area contributed by atoms with Gasteiger partial charge in [0.05, 0.1) is 6.54 Å². The summed E-state index contributed by atoms with van der Waals surface area (Å²) in [7, 11) is 4.00. The summed E-state index contributed by atoms with van der Waals surface area (Å²) in [6.45, 7) is 6.50. The quantitative estimate of drug-likeness (QED) is 0.783. The molecule has 0 saturated heterocycles. The van der Waals surface area contributed by atoms with E-state index in [1.54, 1.807) is 0 Å². The third kappa shape index (κ3) is 5.75. The summed E-state index contributed by atoms with van der Waals surface area (Å²) < 4.78 is 5.57. The lowest BCUT2D eigenvalue weighted by Gasteiger charge is -2.24. The molecule has 0 fully saturated rings. The maximum absolute atomic E-state index is 12.3. The molecule has 1 heterocycles. The number of furan rings is 1. The Morgan fingerprint density at radius 2 is 2.05 bits per heavy atom. The van der Waals surface area contributed by atoms with Crippen LogP contribution in [0.2, 0.25) is 0 Å². The van der Waals surface area contributed by atoms with Crippen LogP contribution in [-0.2, 0) is 11.3 Å². The minimum atomic E-state index is 0.138. The van der Waals surface area contributed by atoms with Crippen LogP contribution in [0.25, 0.3) is 0 Å². The van der Waals surface area contributed by atoms with E-state index in [0.717, 1.165) is 18.1 Å². The molecule has 0 bridgehead atoms. The molecule has 0 aliphatic rings. The second-order valence-corrected chi connectivity index (χ2v) is 5.68. The zero-order chi connectivity index (χ0) is 15.1. The molecule has 0 aliphatic heterocycles. The van der Waals surface area contributed by atoms with Gasteiger partial charge < -0.3 is 20.0 Å². The summed E-state index contributed by atoms with van der Waals surface area (Å²) in [6.07, 6.45) is 0.490. The van der Waals surface area contributed by atoms with Crippen molar-refractivity contribution in [1.82, 2.24) is 9.80 Å². The van der Waals surface area contributed by atoms with Crippen LogP contribution in [0.1, 0.15) is 24.9 Å². The van der Waals surface area contributed by atoms with Gasteiger partial charge in [0.25, 0.3) is 0 Å². The molecule has 1 unspecified atom stereocenters. The average molecular weight is 281 g/mol. The normalized spacial score (nSPS) is 12.7. The lowest BCUT2D eigenvalue weighted by atomic mass is 10.1. The van der Waals surface area contributed by atoms with Gasteiger partial charge in [0.15, 0.2) is 0 Å². The standard InChI is InChI=1S/C15H27N3O2/c1-12(10-16)9-15(19)18(8-7-17(3)4)11-14-6-5-13(2)20-14/h5-6,12H,7-11,16H2,1-4H3. The Morgan fingerprint density at radius 1 is 1.35 bits per heavy atom. The molecule has 0 aromatic carbocycles. The van der Waals surface area contributed by atoms with Gasteiger partial charge in [0.1, 0.15) is 11.5 Å². The van der Waals surface area contributed by atoms with E-state index in [1.165, 1.54) is 0 Å². The molecule has 1 aromatic rings.